The average Bonchev–Trinajstić information content (AvgIpc) is 2.30. The molecule has 0 aliphatic heterocycles. The molecule has 0 atom stereocenters. The second kappa shape index (κ2) is 4.58. The van der Waals surface area contributed by atoms with Crippen LogP contribution in [0.2, 0.25) is 0 Å². The standard InChI is InChI=1S/C13H19NS/c1-15-12-7-5-6-11(10-12)13(14)8-3-2-4-9-13/h5-7,10H,2-4,8-9,14H2,1H3. The fourth-order valence-corrected chi connectivity index (χ4v) is 2.86. The smallest absolute Gasteiger partial charge is 0.0410 e. The minimum Gasteiger partial charge on any atom is -0.321 e. The fraction of sp³-hybridized carbons (Fsp3) is 0.538. The maximum atomic E-state index is 6.49. The van der Waals surface area contributed by atoms with Crippen molar-refractivity contribution in [2.75, 3.05) is 6.26 Å². The fourth-order valence-electron chi connectivity index (χ4n) is 2.40. The molecule has 2 N–H and O–H groups in total. The second-order valence-corrected chi connectivity index (χ2v) is 5.33. The molecule has 0 amide bonds. The van der Waals surface area contributed by atoms with Crippen molar-refractivity contribution in [3.05, 3.63) is 29.8 Å². The van der Waals surface area contributed by atoms with Crippen LogP contribution in [0.25, 0.3) is 0 Å². The van der Waals surface area contributed by atoms with Crippen LogP contribution in [-0.4, -0.2) is 6.26 Å². The van der Waals surface area contributed by atoms with E-state index in [0.29, 0.717) is 0 Å². The lowest BCUT2D eigenvalue weighted by atomic mass is 9.77. The van der Waals surface area contributed by atoms with Gasteiger partial charge < -0.3 is 5.73 Å². The Hall–Kier alpha value is -0.470. The average molecular weight is 221 g/mol. The van der Waals surface area contributed by atoms with Crippen LogP contribution in [-0.2, 0) is 5.54 Å². The largest absolute Gasteiger partial charge is 0.321 e. The first-order chi connectivity index (χ1) is 7.24. The molecule has 1 aliphatic carbocycles. The molecule has 0 heterocycles. The van der Waals surface area contributed by atoms with E-state index in [4.69, 9.17) is 5.73 Å². The van der Waals surface area contributed by atoms with E-state index >= 15 is 0 Å². The van der Waals surface area contributed by atoms with E-state index in [0.717, 1.165) is 12.8 Å². The molecular weight excluding hydrogens is 202 g/mol. The topological polar surface area (TPSA) is 26.0 Å². The zero-order valence-corrected chi connectivity index (χ0v) is 10.1. The predicted molar refractivity (Wildman–Crippen MR) is 67.2 cm³/mol. The van der Waals surface area contributed by atoms with Gasteiger partial charge in [-0.25, -0.2) is 0 Å². The van der Waals surface area contributed by atoms with Gasteiger partial charge in [-0.1, -0.05) is 31.4 Å². The molecule has 82 valence electrons. The van der Waals surface area contributed by atoms with Crippen LogP contribution in [0.4, 0.5) is 0 Å². The molecule has 1 nitrogen and oxygen atoms in total. The van der Waals surface area contributed by atoms with E-state index in [1.54, 1.807) is 11.8 Å². The van der Waals surface area contributed by atoms with Crippen LogP contribution in [0.5, 0.6) is 0 Å². The van der Waals surface area contributed by atoms with Crippen LogP contribution >= 0.6 is 11.8 Å². The zero-order chi connectivity index (χ0) is 10.7. The Labute approximate surface area is 96.4 Å². The summed E-state index contributed by atoms with van der Waals surface area (Å²) < 4.78 is 0. The maximum absolute atomic E-state index is 6.49. The summed E-state index contributed by atoms with van der Waals surface area (Å²) in [7, 11) is 0. The van der Waals surface area contributed by atoms with Crippen molar-refractivity contribution >= 4 is 11.8 Å². The molecule has 0 aromatic heterocycles. The van der Waals surface area contributed by atoms with Gasteiger partial charge in [-0.05, 0) is 36.8 Å². The van der Waals surface area contributed by atoms with Gasteiger partial charge in [0, 0.05) is 10.4 Å². The van der Waals surface area contributed by atoms with Gasteiger partial charge in [0.1, 0.15) is 0 Å². The number of rotatable bonds is 2. The Bertz CT molecular complexity index is 329. The van der Waals surface area contributed by atoms with Gasteiger partial charge in [-0.15, -0.1) is 11.8 Å². The number of benzene rings is 1. The Morgan fingerprint density at radius 1 is 1.20 bits per heavy atom. The van der Waals surface area contributed by atoms with Crippen LogP contribution in [0.3, 0.4) is 0 Å². The lowest BCUT2D eigenvalue weighted by Gasteiger charge is -2.34. The summed E-state index contributed by atoms with van der Waals surface area (Å²) in [5, 5.41) is 0. The van der Waals surface area contributed by atoms with Gasteiger partial charge in [-0.2, -0.15) is 0 Å². The van der Waals surface area contributed by atoms with Gasteiger partial charge in [0.2, 0.25) is 0 Å². The highest BCUT2D eigenvalue weighted by molar-refractivity contribution is 7.98. The van der Waals surface area contributed by atoms with Crippen molar-refractivity contribution < 1.29 is 0 Å². The Balaban J connectivity index is 2.26. The SMILES string of the molecule is CSc1cccc(C2(N)CCCCC2)c1. The monoisotopic (exact) mass is 221 g/mol. The predicted octanol–water partition coefficient (Wildman–Crippen LogP) is 3.53. The summed E-state index contributed by atoms with van der Waals surface area (Å²) in [6, 6.07) is 8.73. The van der Waals surface area contributed by atoms with Crippen molar-refractivity contribution in [3.8, 4) is 0 Å². The van der Waals surface area contributed by atoms with E-state index in [2.05, 4.69) is 30.5 Å². The molecule has 0 saturated heterocycles. The van der Waals surface area contributed by atoms with Crippen LogP contribution in [0.15, 0.2) is 29.2 Å². The second-order valence-electron chi connectivity index (χ2n) is 4.45. The Morgan fingerprint density at radius 3 is 2.60 bits per heavy atom. The summed E-state index contributed by atoms with van der Waals surface area (Å²) in [4.78, 5) is 1.32. The van der Waals surface area contributed by atoms with E-state index in [9.17, 15) is 0 Å². The molecule has 0 radical (unpaired) electrons. The molecule has 0 bridgehead atoms. The number of thioether (sulfide) groups is 1. The quantitative estimate of drug-likeness (QED) is 0.773. The highest BCUT2D eigenvalue weighted by Crippen LogP contribution is 2.35. The van der Waals surface area contributed by atoms with Gasteiger partial charge in [0.05, 0.1) is 0 Å². The minimum atomic E-state index is -0.0516. The summed E-state index contributed by atoms with van der Waals surface area (Å²) in [6.07, 6.45) is 8.31. The number of nitrogens with two attached hydrogens (primary N) is 1. The van der Waals surface area contributed by atoms with E-state index in [-0.39, 0.29) is 5.54 Å². The molecule has 0 spiro atoms. The molecular formula is C13H19NS. The normalized spacial score (nSPS) is 20.1. The van der Waals surface area contributed by atoms with E-state index < -0.39 is 0 Å². The lowest BCUT2D eigenvalue weighted by Crippen LogP contribution is -2.38. The van der Waals surface area contributed by atoms with Crippen molar-refractivity contribution in [2.24, 2.45) is 5.73 Å². The summed E-state index contributed by atoms with van der Waals surface area (Å²) in [5.41, 5.74) is 7.77. The maximum Gasteiger partial charge on any atom is 0.0410 e. The van der Waals surface area contributed by atoms with E-state index in [1.807, 2.05) is 0 Å². The third kappa shape index (κ3) is 2.37. The summed E-state index contributed by atoms with van der Waals surface area (Å²) in [6.45, 7) is 0. The summed E-state index contributed by atoms with van der Waals surface area (Å²) in [5.74, 6) is 0. The van der Waals surface area contributed by atoms with Crippen molar-refractivity contribution in [1.82, 2.24) is 0 Å². The van der Waals surface area contributed by atoms with Crippen LogP contribution < -0.4 is 5.73 Å². The first-order valence-corrected chi connectivity index (χ1v) is 6.90. The molecule has 15 heavy (non-hydrogen) atoms. The molecule has 0 unspecified atom stereocenters. The highest BCUT2D eigenvalue weighted by Gasteiger charge is 2.29. The van der Waals surface area contributed by atoms with E-state index in [1.165, 1.54) is 29.7 Å². The zero-order valence-electron chi connectivity index (χ0n) is 9.33. The van der Waals surface area contributed by atoms with Crippen molar-refractivity contribution in [3.63, 3.8) is 0 Å². The molecule has 1 aliphatic rings. The number of hydrogen-bond donors (Lipinski definition) is 1. The van der Waals surface area contributed by atoms with Gasteiger partial charge in [-0.3, -0.25) is 0 Å². The molecule has 1 aromatic rings. The van der Waals surface area contributed by atoms with Crippen molar-refractivity contribution in [2.45, 2.75) is 42.5 Å². The number of hydrogen-bond acceptors (Lipinski definition) is 2. The Kier molecular flexibility index (Phi) is 3.37. The summed E-state index contributed by atoms with van der Waals surface area (Å²) >= 11 is 1.79. The van der Waals surface area contributed by atoms with Gasteiger partial charge in [0.15, 0.2) is 0 Å². The first-order valence-electron chi connectivity index (χ1n) is 5.68. The molecule has 2 heteroatoms. The van der Waals surface area contributed by atoms with Crippen molar-refractivity contribution in [1.29, 1.82) is 0 Å². The molecule has 1 fully saturated rings. The lowest BCUT2D eigenvalue weighted by molar-refractivity contribution is 0.302. The van der Waals surface area contributed by atoms with Gasteiger partial charge >= 0.3 is 0 Å². The van der Waals surface area contributed by atoms with Crippen LogP contribution in [0.1, 0.15) is 37.7 Å². The molecule has 1 aromatic carbocycles. The Morgan fingerprint density at radius 2 is 1.93 bits per heavy atom. The van der Waals surface area contributed by atoms with Gasteiger partial charge in [0.25, 0.3) is 0 Å². The first kappa shape index (κ1) is 11.0. The molecule has 1 saturated carbocycles. The highest BCUT2D eigenvalue weighted by atomic mass is 32.2. The molecule has 2 rings (SSSR count). The minimum absolute atomic E-state index is 0.0516. The third-order valence-electron chi connectivity index (χ3n) is 3.39. The third-order valence-corrected chi connectivity index (χ3v) is 4.12. The van der Waals surface area contributed by atoms with Crippen LogP contribution in [0, 0.1) is 0 Å².